The van der Waals surface area contributed by atoms with Crippen LogP contribution in [0.5, 0.6) is 0 Å². The SMILES string of the molecule is Cc1ccc(CC(=O)Nc2cc(-c3ccccc3C3=NNNN3)ccc2N2CC3CC2CN3Cc2ccccc2)cc1. The van der Waals surface area contributed by atoms with E-state index in [-0.39, 0.29) is 5.91 Å². The number of hydrazone groups is 1. The summed E-state index contributed by atoms with van der Waals surface area (Å²) in [5.74, 6) is 0.700. The molecule has 3 aliphatic rings. The topological polar surface area (TPSA) is 84.0 Å². The number of hydrazine groups is 2. The zero-order valence-electron chi connectivity index (χ0n) is 23.7. The molecular weight excluding hydrogens is 522 g/mol. The Hall–Kier alpha value is -4.66. The third-order valence-corrected chi connectivity index (χ3v) is 8.55. The molecule has 7 rings (SSSR count). The Morgan fingerprint density at radius 2 is 1.67 bits per heavy atom. The number of benzene rings is 4. The number of carbonyl (C=O) groups is 1. The van der Waals surface area contributed by atoms with E-state index in [2.05, 4.69) is 110 Å². The molecule has 2 bridgehead atoms. The van der Waals surface area contributed by atoms with Crippen molar-refractivity contribution >= 4 is 23.1 Å². The van der Waals surface area contributed by atoms with Crippen molar-refractivity contribution in [2.75, 3.05) is 23.3 Å². The van der Waals surface area contributed by atoms with Crippen LogP contribution in [0, 0.1) is 6.92 Å². The van der Waals surface area contributed by atoms with Crippen LogP contribution in [0.1, 0.15) is 28.7 Å². The van der Waals surface area contributed by atoms with E-state index in [0.717, 1.165) is 65.5 Å². The summed E-state index contributed by atoms with van der Waals surface area (Å²) < 4.78 is 0. The maximum absolute atomic E-state index is 13.4. The zero-order chi connectivity index (χ0) is 28.5. The molecule has 4 aromatic rings. The maximum Gasteiger partial charge on any atom is 0.228 e. The third kappa shape index (κ3) is 5.34. The molecule has 2 fully saturated rings. The van der Waals surface area contributed by atoms with E-state index in [1.54, 1.807) is 0 Å². The largest absolute Gasteiger partial charge is 0.364 e. The molecule has 8 nitrogen and oxygen atoms in total. The van der Waals surface area contributed by atoms with Gasteiger partial charge >= 0.3 is 0 Å². The Balaban J connectivity index is 1.18. The lowest BCUT2D eigenvalue weighted by Gasteiger charge is -2.36. The van der Waals surface area contributed by atoms with Crippen molar-refractivity contribution in [3.8, 4) is 11.1 Å². The van der Waals surface area contributed by atoms with Crippen molar-refractivity contribution < 1.29 is 4.79 Å². The van der Waals surface area contributed by atoms with Crippen molar-refractivity contribution in [3.05, 3.63) is 119 Å². The molecule has 4 N–H and O–H groups in total. The zero-order valence-corrected chi connectivity index (χ0v) is 23.7. The predicted octanol–water partition coefficient (Wildman–Crippen LogP) is 4.58. The van der Waals surface area contributed by atoms with Gasteiger partial charge in [-0.15, -0.1) is 10.6 Å². The van der Waals surface area contributed by atoms with Gasteiger partial charge in [0.15, 0.2) is 5.84 Å². The fourth-order valence-corrected chi connectivity index (χ4v) is 6.46. The summed E-state index contributed by atoms with van der Waals surface area (Å²) in [6.45, 7) is 5.01. The number of amidine groups is 1. The monoisotopic (exact) mass is 557 g/mol. The van der Waals surface area contributed by atoms with Gasteiger partial charge in [0.1, 0.15) is 0 Å². The molecule has 3 aliphatic heterocycles. The van der Waals surface area contributed by atoms with Gasteiger partial charge in [-0.25, -0.2) is 5.53 Å². The predicted molar refractivity (Wildman–Crippen MR) is 168 cm³/mol. The second-order valence-electron chi connectivity index (χ2n) is 11.4. The molecule has 2 unspecified atom stereocenters. The molecule has 3 heterocycles. The van der Waals surface area contributed by atoms with Gasteiger partial charge in [0.05, 0.1) is 17.8 Å². The fraction of sp³-hybridized carbons (Fsp3) is 0.235. The van der Waals surface area contributed by atoms with Gasteiger partial charge in [-0.3, -0.25) is 15.1 Å². The Morgan fingerprint density at radius 1 is 0.881 bits per heavy atom. The lowest BCUT2D eigenvalue weighted by atomic mass is 9.97. The molecule has 0 aromatic heterocycles. The number of carbonyl (C=O) groups excluding carboxylic acids is 1. The normalized spacial score (nSPS) is 19.4. The van der Waals surface area contributed by atoms with E-state index in [4.69, 9.17) is 0 Å². The first kappa shape index (κ1) is 26.3. The maximum atomic E-state index is 13.4. The van der Waals surface area contributed by atoms with Gasteiger partial charge in [0.2, 0.25) is 5.91 Å². The number of aryl methyl sites for hydroxylation is 1. The minimum atomic E-state index is -0.0177. The molecule has 0 radical (unpaired) electrons. The van der Waals surface area contributed by atoms with Crippen molar-refractivity contribution in [1.29, 1.82) is 0 Å². The highest BCUT2D eigenvalue weighted by Gasteiger charge is 2.43. The van der Waals surface area contributed by atoms with Gasteiger partial charge in [0.25, 0.3) is 0 Å². The summed E-state index contributed by atoms with van der Waals surface area (Å²) in [7, 11) is 0. The molecule has 212 valence electrons. The Bertz CT molecular complexity index is 1620. The number of nitrogens with one attached hydrogen (secondary N) is 4. The minimum absolute atomic E-state index is 0.0177. The van der Waals surface area contributed by atoms with Crippen LogP contribution in [0.15, 0.2) is 102 Å². The van der Waals surface area contributed by atoms with Crippen LogP contribution in [-0.2, 0) is 17.8 Å². The highest BCUT2D eigenvalue weighted by molar-refractivity contribution is 6.05. The lowest BCUT2D eigenvalue weighted by Crippen LogP contribution is -2.46. The molecule has 2 saturated heterocycles. The summed E-state index contributed by atoms with van der Waals surface area (Å²) >= 11 is 0. The number of amides is 1. The number of likely N-dealkylation sites (tertiary alicyclic amines) is 1. The number of nitrogens with zero attached hydrogens (tertiary/aromatic N) is 3. The van der Waals surface area contributed by atoms with E-state index in [1.807, 2.05) is 30.3 Å². The second-order valence-corrected chi connectivity index (χ2v) is 11.4. The molecule has 4 aromatic carbocycles. The smallest absolute Gasteiger partial charge is 0.228 e. The number of piperazine rings is 1. The van der Waals surface area contributed by atoms with Gasteiger partial charge in [-0.05, 0) is 47.7 Å². The first-order chi connectivity index (χ1) is 20.6. The van der Waals surface area contributed by atoms with Crippen LogP contribution in [0.3, 0.4) is 0 Å². The molecule has 1 amide bonds. The van der Waals surface area contributed by atoms with Crippen LogP contribution >= 0.6 is 0 Å². The van der Waals surface area contributed by atoms with Crippen LogP contribution in [-0.4, -0.2) is 41.8 Å². The number of anilines is 2. The summed E-state index contributed by atoms with van der Waals surface area (Å²) in [5.41, 5.74) is 17.1. The van der Waals surface area contributed by atoms with Crippen LogP contribution < -0.4 is 26.7 Å². The average Bonchev–Trinajstić information content (AvgIpc) is 3.78. The van der Waals surface area contributed by atoms with E-state index < -0.39 is 0 Å². The number of hydrogen-bond donors (Lipinski definition) is 4. The summed E-state index contributed by atoms with van der Waals surface area (Å²) in [4.78, 5) is 18.5. The van der Waals surface area contributed by atoms with Crippen molar-refractivity contribution in [1.82, 2.24) is 21.4 Å². The number of hydrogen-bond acceptors (Lipinski definition) is 7. The van der Waals surface area contributed by atoms with Crippen molar-refractivity contribution in [2.24, 2.45) is 5.10 Å². The van der Waals surface area contributed by atoms with Gasteiger partial charge in [-0.2, -0.15) is 0 Å². The van der Waals surface area contributed by atoms with Crippen molar-refractivity contribution in [3.63, 3.8) is 0 Å². The number of rotatable bonds is 8. The summed E-state index contributed by atoms with van der Waals surface area (Å²) in [5, 5.41) is 7.62. The van der Waals surface area contributed by atoms with Crippen LogP contribution in [0.25, 0.3) is 11.1 Å². The fourth-order valence-electron chi connectivity index (χ4n) is 6.46. The number of fused-ring (bicyclic) bond motifs is 2. The van der Waals surface area contributed by atoms with E-state index in [0.29, 0.717) is 18.5 Å². The van der Waals surface area contributed by atoms with E-state index in [9.17, 15) is 4.79 Å². The average molecular weight is 558 g/mol. The first-order valence-corrected chi connectivity index (χ1v) is 14.6. The highest BCUT2D eigenvalue weighted by atomic mass is 16.1. The first-order valence-electron chi connectivity index (χ1n) is 14.6. The quantitative estimate of drug-likeness (QED) is 0.254. The molecule has 8 heteroatoms. The molecule has 0 aliphatic carbocycles. The van der Waals surface area contributed by atoms with Gasteiger partial charge < -0.3 is 10.2 Å². The highest BCUT2D eigenvalue weighted by Crippen LogP contribution is 2.40. The van der Waals surface area contributed by atoms with Crippen molar-refractivity contribution in [2.45, 2.75) is 38.4 Å². The molecular formula is C34H35N7O. The van der Waals surface area contributed by atoms with E-state index >= 15 is 0 Å². The molecule has 0 spiro atoms. The third-order valence-electron chi connectivity index (χ3n) is 8.55. The Kier molecular flexibility index (Phi) is 7.07. The minimum Gasteiger partial charge on any atom is -0.364 e. The summed E-state index contributed by atoms with van der Waals surface area (Å²) in [6.07, 6.45) is 1.47. The standard InChI is InChI=1S/C34H35N7O/c1-23-11-13-24(14-12-23)17-33(42)35-31-18-26(29-9-5-6-10-30(29)34-36-38-39-37-34)15-16-32(31)41-22-27-19-28(41)21-40(27)20-25-7-3-2-4-8-25/h2-16,18,27-28,38-39H,17,19-22H2,1H3,(H,35,42)(H,36,37). The van der Waals surface area contributed by atoms with E-state index in [1.165, 1.54) is 11.1 Å². The Labute approximate surface area is 246 Å². The van der Waals surface area contributed by atoms with Gasteiger partial charge in [-0.1, -0.05) is 90.5 Å². The molecule has 42 heavy (non-hydrogen) atoms. The summed E-state index contributed by atoms with van der Waals surface area (Å²) in [6, 6.07) is 34.4. The Morgan fingerprint density at radius 3 is 2.40 bits per heavy atom. The van der Waals surface area contributed by atoms with Crippen LogP contribution in [0.2, 0.25) is 0 Å². The molecule has 0 saturated carbocycles. The van der Waals surface area contributed by atoms with Crippen LogP contribution in [0.4, 0.5) is 11.4 Å². The lowest BCUT2D eigenvalue weighted by molar-refractivity contribution is -0.115. The second kappa shape index (κ2) is 11.3. The van der Waals surface area contributed by atoms with Gasteiger partial charge in [0, 0.05) is 37.3 Å². The molecule has 2 atom stereocenters.